The molecule has 1 heterocycles. The van der Waals surface area contributed by atoms with Crippen molar-refractivity contribution in [3.63, 3.8) is 0 Å². The lowest BCUT2D eigenvalue weighted by molar-refractivity contribution is 0.0661. The molecule has 0 saturated carbocycles. The SMILES string of the molecule is CC(N)C1CCCN(C(=O)c2ccc(S(=O)(=O)Nc3ccccc3)cc2)C1.Cl. The molecule has 1 aliphatic rings. The smallest absolute Gasteiger partial charge is 0.261 e. The van der Waals surface area contributed by atoms with E-state index in [4.69, 9.17) is 5.73 Å². The average Bonchev–Trinajstić information content (AvgIpc) is 2.68. The van der Waals surface area contributed by atoms with Gasteiger partial charge in [-0.2, -0.15) is 0 Å². The summed E-state index contributed by atoms with van der Waals surface area (Å²) in [6, 6.07) is 14.8. The predicted molar refractivity (Wildman–Crippen MR) is 113 cm³/mol. The molecule has 2 atom stereocenters. The molecule has 1 amide bonds. The number of amides is 1. The minimum Gasteiger partial charge on any atom is -0.338 e. The van der Waals surface area contributed by atoms with Crippen LogP contribution in [0.15, 0.2) is 59.5 Å². The van der Waals surface area contributed by atoms with Crippen molar-refractivity contribution in [2.75, 3.05) is 17.8 Å². The van der Waals surface area contributed by atoms with Crippen molar-refractivity contribution in [1.29, 1.82) is 0 Å². The molecule has 1 saturated heterocycles. The van der Waals surface area contributed by atoms with Gasteiger partial charge in [0.1, 0.15) is 0 Å². The number of benzene rings is 2. The topological polar surface area (TPSA) is 92.5 Å². The first-order valence-electron chi connectivity index (χ1n) is 9.09. The van der Waals surface area contributed by atoms with Crippen LogP contribution in [-0.2, 0) is 10.0 Å². The summed E-state index contributed by atoms with van der Waals surface area (Å²) in [7, 11) is -3.69. The van der Waals surface area contributed by atoms with E-state index in [1.165, 1.54) is 12.1 Å². The van der Waals surface area contributed by atoms with Crippen LogP contribution in [0.3, 0.4) is 0 Å². The summed E-state index contributed by atoms with van der Waals surface area (Å²) in [5.74, 6) is 0.220. The standard InChI is InChI=1S/C20H25N3O3S.ClH/c1-15(21)17-6-5-13-23(14-17)20(24)16-9-11-19(12-10-16)27(25,26)22-18-7-3-2-4-8-18;/h2-4,7-12,15,17,22H,5-6,13-14,21H2,1H3;1H. The fourth-order valence-corrected chi connectivity index (χ4v) is 4.36. The zero-order valence-corrected chi connectivity index (χ0v) is 17.4. The molecule has 2 unspecified atom stereocenters. The number of halogens is 1. The number of hydrogen-bond acceptors (Lipinski definition) is 4. The molecule has 3 N–H and O–H groups in total. The van der Waals surface area contributed by atoms with Gasteiger partial charge in [-0.25, -0.2) is 8.42 Å². The number of nitrogens with one attached hydrogen (secondary N) is 1. The van der Waals surface area contributed by atoms with Crippen LogP contribution in [0.5, 0.6) is 0 Å². The monoisotopic (exact) mass is 423 g/mol. The zero-order valence-electron chi connectivity index (χ0n) is 15.7. The maximum Gasteiger partial charge on any atom is 0.261 e. The molecule has 1 fully saturated rings. The van der Waals surface area contributed by atoms with Crippen LogP contribution in [0.25, 0.3) is 0 Å². The minimum absolute atomic E-state index is 0. The molecule has 0 radical (unpaired) electrons. The molecule has 28 heavy (non-hydrogen) atoms. The fourth-order valence-electron chi connectivity index (χ4n) is 3.30. The van der Waals surface area contributed by atoms with Gasteiger partial charge in [-0.3, -0.25) is 9.52 Å². The number of carbonyl (C=O) groups is 1. The molecule has 152 valence electrons. The van der Waals surface area contributed by atoms with Gasteiger partial charge in [0.2, 0.25) is 0 Å². The van der Waals surface area contributed by atoms with Gasteiger partial charge in [-0.05, 0) is 62.1 Å². The highest BCUT2D eigenvalue weighted by Crippen LogP contribution is 2.22. The first-order chi connectivity index (χ1) is 12.9. The minimum atomic E-state index is -3.69. The summed E-state index contributed by atoms with van der Waals surface area (Å²) >= 11 is 0. The van der Waals surface area contributed by atoms with Crippen LogP contribution >= 0.6 is 12.4 Å². The van der Waals surface area contributed by atoms with E-state index in [2.05, 4.69) is 4.72 Å². The van der Waals surface area contributed by atoms with Gasteiger partial charge < -0.3 is 10.6 Å². The molecular formula is C20H26ClN3O3S. The maximum atomic E-state index is 12.7. The number of para-hydroxylation sites is 1. The zero-order chi connectivity index (χ0) is 19.4. The van der Waals surface area contributed by atoms with Gasteiger partial charge in [-0.15, -0.1) is 12.4 Å². The van der Waals surface area contributed by atoms with Crippen molar-refractivity contribution in [1.82, 2.24) is 4.90 Å². The van der Waals surface area contributed by atoms with Gasteiger partial charge in [-0.1, -0.05) is 18.2 Å². The molecule has 1 aliphatic heterocycles. The Bertz CT molecular complexity index is 887. The summed E-state index contributed by atoms with van der Waals surface area (Å²) in [4.78, 5) is 14.7. The summed E-state index contributed by atoms with van der Waals surface area (Å²) in [5, 5.41) is 0. The Hall–Kier alpha value is -2.09. The molecule has 2 aromatic rings. The van der Waals surface area contributed by atoms with E-state index in [-0.39, 0.29) is 29.3 Å². The number of piperidine rings is 1. The molecule has 0 aliphatic carbocycles. The highest BCUT2D eigenvalue weighted by atomic mass is 35.5. The Morgan fingerprint density at radius 1 is 1.14 bits per heavy atom. The van der Waals surface area contributed by atoms with E-state index in [0.717, 1.165) is 12.8 Å². The normalized spacial score (nSPS) is 18.1. The third kappa shape index (κ3) is 5.25. The lowest BCUT2D eigenvalue weighted by Crippen LogP contribution is -2.45. The lowest BCUT2D eigenvalue weighted by atomic mass is 9.92. The van der Waals surface area contributed by atoms with Crippen molar-refractivity contribution < 1.29 is 13.2 Å². The van der Waals surface area contributed by atoms with Crippen LogP contribution in [0.1, 0.15) is 30.1 Å². The number of nitrogens with zero attached hydrogens (tertiary/aromatic N) is 1. The number of anilines is 1. The number of carbonyl (C=O) groups excluding carboxylic acids is 1. The summed E-state index contributed by atoms with van der Waals surface area (Å²) in [5.41, 5.74) is 6.97. The van der Waals surface area contributed by atoms with Gasteiger partial charge in [0.15, 0.2) is 0 Å². The quantitative estimate of drug-likeness (QED) is 0.772. The van der Waals surface area contributed by atoms with E-state index in [1.807, 2.05) is 17.9 Å². The Morgan fingerprint density at radius 2 is 1.79 bits per heavy atom. The third-order valence-electron chi connectivity index (χ3n) is 4.93. The van der Waals surface area contributed by atoms with Crippen molar-refractivity contribution in [3.05, 3.63) is 60.2 Å². The van der Waals surface area contributed by atoms with E-state index in [9.17, 15) is 13.2 Å². The van der Waals surface area contributed by atoms with Crippen molar-refractivity contribution >= 4 is 34.0 Å². The number of hydrogen-bond donors (Lipinski definition) is 2. The third-order valence-corrected chi connectivity index (χ3v) is 6.32. The van der Waals surface area contributed by atoms with E-state index < -0.39 is 10.0 Å². The molecule has 0 aromatic heterocycles. The van der Waals surface area contributed by atoms with E-state index >= 15 is 0 Å². The Morgan fingerprint density at radius 3 is 2.39 bits per heavy atom. The van der Waals surface area contributed by atoms with Crippen molar-refractivity contribution in [3.8, 4) is 0 Å². The lowest BCUT2D eigenvalue weighted by Gasteiger charge is -2.34. The van der Waals surface area contributed by atoms with Crippen LogP contribution < -0.4 is 10.5 Å². The first kappa shape index (κ1) is 22.2. The predicted octanol–water partition coefficient (Wildman–Crippen LogP) is 3.11. The van der Waals surface area contributed by atoms with Crippen molar-refractivity contribution in [2.45, 2.75) is 30.7 Å². The summed E-state index contributed by atoms with van der Waals surface area (Å²) < 4.78 is 27.5. The second-order valence-corrected chi connectivity index (χ2v) is 8.69. The summed E-state index contributed by atoms with van der Waals surface area (Å²) in [6.45, 7) is 3.32. The number of nitrogens with two attached hydrogens (primary N) is 1. The van der Waals surface area contributed by atoms with Gasteiger partial charge >= 0.3 is 0 Å². The first-order valence-corrected chi connectivity index (χ1v) is 10.6. The number of sulfonamides is 1. The van der Waals surface area contributed by atoms with E-state index in [1.54, 1.807) is 36.4 Å². The fraction of sp³-hybridized carbons (Fsp3) is 0.350. The Kier molecular flexibility index (Phi) is 7.46. The van der Waals surface area contributed by atoms with Gasteiger partial charge in [0, 0.05) is 30.4 Å². The molecule has 0 bridgehead atoms. The highest BCUT2D eigenvalue weighted by Gasteiger charge is 2.26. The second-order valence-electron chi connectivity index (χ2n) is 7.01. The van der Waals surface area contributed by atoms with E-state index in [0.29, 0.717) is 30.3 Å². The number of rotatable bonds is 5. The van der Waals surface area contributed by atoms with Gasteiger partial charge in [0.25, 0.3) is 15.9 Å². The summed E-state index contributed by atoms with van der Waals surface area (Å²) in [6.07, 6.45) is 1.97. The Labute approximate surface area is 172 Å². The van der Waals surface area contributed by atoms with Crippen LogP contribution in [0.4, 0.5) is 5.69 Å². The molecule has 3 rings (SSSR count). The average molecular weight is 424 g/mol. The molecule has 6 nitrogen and oxygen atoms in total. The van der Waals surface area contributed by atoms with Crippen LogP contribution in [0, 0.1) is 5.92 Å². The molecule has 0 spiro atoms. The largest absolute Gasteiger partial charge is 0.338 e. The molecule has 8 heteroatoms. The van der Waals surface area contributed by atoms with Crippen molar-refractivity contribution in [2.24, 2.45) is 11.7 Å². The maximum absolute atomic E-state index is 12.7. The molecule has 2 aromatic carbocycles. The number of likely N-dealkylation sites (tertiary alicyclic amines) is 1. The Balaban J connectivity index is 0.00000280. The van der Waals surface area contributed by atoms with Crippen LogP contribution in [0.2, 0.25) is 0 Å². The van der Waals surface area contributed by atoms with Gasteiger partial charge in [0.05, 0.1) is 4.90 Å². The van der Waals surface area contributed by atoms with Crippen LogP contribution in [-0.4, -0.2) is 38.4 Å². The highest BCUT2D eigenvalue weighted by molar-refractivity contribution is 7.92. The second kappa shape index (κ2) is 9.41. The molecular weight excluding hydrogens is 398 g/mol.